The van der Waals surface area contributed by atoms with E-state index in [1.807, 2.05) is 0 Å². The van der Waals surface area contributed by atoms with E-state index < -0.39 is 0 Å². The Labute approximate surface area is 165 Å². The van der Waals surface area contributed by atoms with E-state index in [2.05, 4.69) is 70.2 Å². The minimum absolute atomic E-state index is 0.218. The topological polar surface area (TPSA) is 0 Å². The highest BCUT2D eigenvalue weighted by Gasteiger charge is 2.51. The lowest BCUT2D eigenvalue weighted by Crippen LogP contribution is -2.48. The van der Waals surface area contributed by atoms with Crippen molar-refractivity contribution in [3.05, 3.63) is 59.2 Å². The largest absolute Gasteiger partial charge is 0.0579 e. The fraction of sp³-hybridized carbons (Fsp3) is 0.556. The van der Waals surface area contributed by atoms with Crippen molar-refractivity contribution in [2.75, 3.05) is 0 Å². The predicted molar refractivity (Wildman–Crippen MR) is 115 cm³/mol. The van der Waals surface area contributed by atoms with Gasteiger partial charge < -0.3 is 0 Å². The van der Waals surface area contributed by atoms with Crippen molar-refractivity contribution in [3.63, 3.8) is 0 Å². The van der Waals surface area contributed by atoms with Crippen LogP contribution in [0.2, 0.25) is 0 Å². The van der Waals surface area contributed by atoms with Crippen molar-refractivity contribution in [2.45, 2.75) is 77.0 Å². The van der Waals surface area contributed by atoms with Gasteiger partial charge in [0, 0.05) is 0 Å². The zero-order chi connectivity index (χ0) is 18.8. The molecule has 4 saturated carbocycles. The maximum Gasteiger partial charge on any atom is -0.00387 e. The first-order valence-electron chi connectivity index (χ1n) is 11.0. The molecule has 142 valence electrons. The normalized spacial score (nSPS) is 32.1. The van der Waals surface area contributed by atoms with E-state index in [1.54, 1.807) is 5.56 Å². The van der Waals surface area contributed by atoms with Crippen molar-refractivity contribution in [1.82, 2.24) is 0 Å². The van der Waals surface area contributed by atoms with Gasteiger partial charge in [-0.2, -0.15) is 0 Å². The summed E-state index contributed by atoms with van der Waals surface area (Å²) in [4.78, 5) is 0. The molecule has 0 heterocycles. The van der Waals surface area contributed by atoms with Crippen molar-refractivity contribution in [1.29, 1.82) is 0 Å². The third kappa shape index (κ3) is 3.06. The van der Waals surface area contributed by atoms with Crippen LogP contribution in [0.25, 0.3) is 11.1 Å². The standard InChI is InChI=1S/C27H34/c1-18-9-23(22-5-7-24(8-6-22)26(2,3)4)14-25(10-18)27-15-19-11-20(16-27)13-21(12-19)17-27/h5-10,14,19-21H,11-13,15-17H2,1-4H3. The Bertz CT molecular complexity index is 811. The molecule has 0 aromatic heterocycles. The van der Waals surface area contributed by atoms with Gasteiger partial charge in [0.05, 0.1) is 0 Å². The lowest BCUT2D eigenvalue weighted by molar-refractivity contribution is -0.00519. The summed E-state index contributed by atoms with van der Waals surface area (Å²) in [6.07, 6.45) is 8.91. The van der Waals surface area contributed by atoms with Crippen LogP contribution in [-0.2, 0) is 10.8 Å². The molecule has 0 atom stereocenters. The van der Waals surface area contributed by atoms with E-state index in [1.165, 1.54) is 60.8 Å². The van der Waals surface area contributed by atoms with Gasteiger partial charge >= 0.3 is 0 Å². The summed E-state index contributed by atoms with van der Waals surface area (Å²) in [6, 6.07) is 16.8. The van der Waals surface area contributed by atoms with Crippen molar-refractivity contribution >= 4 is 0 Å². The number of aryl methyl sites for hydroxylation is 1. The summed E-state index contributed by atoms with van der Waals surface area (Å²) in [5.41, 5.74) is 7.99. The van der Waals surface area contributed by atoms with E-state index in [9.17, 15) is 0 Å². The monoisotopic (exact) mass is 358 g/mol. The van der Waals surface area contributed by atoms with E-state index in [-0.39, 0.29) is 5.41 Å². The molecular formula is C27H34. The first kappa shape index (κ1) is 17.5. The van der Waals surface area contributed by atoms with Crippen molar-refractivity contribution in [3.8, 4) is 11.1 Å². The third-order valence-electron chi connectivity index (χ3n) is 7.81. The quantitative estimate of drug-likeness (QED) is 0.523. The Morgan fingerprint density at radius 3 is 1.81 bits per heavy atom. The number of hydrogen-bond donors (Lipinski definition) is 0. The van der Waals surface area contributed by atoms with E-state index in [4.69, 9.17) is 0 Å². The minimum atomic E-state index is 0.218. The van der Waals surface area contributed by atoms with Crippen LogP contribution >= 0.6 is 0 Å². The number of benzene rings is 2. The molecule has 2 aromatic carbocycles. The van der Waals surface area contributed by atoms with Gasteiger partial charge in [-0.15, -0.1) is 0 Å². The minimum Gasteiger partial charge on any atom is -0.0579 e. The van der Waals surface area contributed by atoms with Gasteiger partial charge in [0.2, 0.25) is 0 Å². The fourth-order valence-corrected chi connectivity index (χ4v) is 6.88. The average Bonchev–Trinajstić information content (AvgIpc) is 2.59. The molecule has 6 rings (SSSR count). The second kappa shape index (κ2) is 5.97. The van der Waals surface area contributed by atoms with Crippen LogP contribution in [0.1, 0.15) is 76.0 Å². The second-order valence-corrected chi connectivity index (χ2v) is 11.1. The zero-order valence-corrected chi connectivity index (χ0v) is 17.5. The van der Waals surface area contributed by atoms with E-state index in [0.29, 0.717) is 5.41 Å². The first-order valence-corrected chi connectivity index (χ1v) is 11.0. The van der Waals surface area contributed by atoms with Gasteiger partial charge in [0.1, 0.15) is 0 Å². The molecule has 0 aliphatic heterocycles. The predicted octanol–water partition coefficient (Wildman–Crippen LogP) is 7.43. The molecule has 0 saturated heterocycles. The summed E-state index contributed by atoms with van der Waals surface area (Å²) >= 11 is 0. The first-order chi connectivity index (χ1) is 12.8. The Morgan fingerprint density at radius 1 is 0.741 bits per heavy atom. The van der Waals surface area contributed by atoms with Gasteiger partial charge in [-0.1, -0.05) is 68.8 Å². The van der Waals surface area contributed by atoms with Crippen LogP contribution in [0.5, 0.6) is 0 Å². The summed E-state index contributed by atoms with van der Waals surface area (Å²) in [7, 11) is 0. The molecule has 0 radical (unpaired) electrons. The molecule has 0 spiro atoms. The molecule has 0 unspecified atom stereocenters. The zero-order valence-electron chi connectivity index (χ0n) is 17.5. The van der Waals surface area contributed by atoms with Gasteiger partial charge in [-0.25, -0.2) is 0 Å². The molecule has 27 heavy (non-hydrogen) atoms. The molecule has 0 amide bonds. The fourth-order valence-electron chi connectivity index (χ4n) is 6.88. The van der Waals surface area contributed by atoms with Gasteiger partial charge in [0.25, 0.3) is 0 Å². The van der Waals surface area contributed by atoms with Gasteiger partial charge in [0.15, 0.2) is 0 Å². The molecular weight excluding hydrogens is 324 g/mol. The molecule has 4 aliphatic carbocycles. The van der Waals surface area contributed by atoms with Crippen molar-refractivity contribution < 1.29 is 0 Å². The lowest BCUT2D eigenvalue weighted by atomic mass is 9.48. The van der Waals surface area contributed by atoms with Crippen LogP contribution in [0, 0.1) is 24.7 Å². The molecule has 0 N–H and O–H groups in total. The molecule has 2 aromatic rings. The maximum absolute atomic E-state index is 2.55. The summed E-state index contributed by atoms with van der Waals surface area (Å²) in [5, 5.41) is 0. The van der Waals surface area contributed by atoms with E-state index >= 15 is 0 Å². The molecule has 0 nitrogen and oxygen atoms in total. The number of rotatable bonds is 2. The second-order valence-electron chi connectivity index (χ2n) is 11.1. The summed E-state index contributed by atoms with van der Waals surface area (Å²) < 4.78 is 0. The lowest BCUT2D eigenvalue weighted by Gasteiger charge is -2.57. The SMILES string of the molecule is Cc1cc(-c2ccc(C(C)(C)C)cc2)cc(C23CC4CC(CC(C4)C2)C3)c1. The summed E-state index contributed by atoms with van der Waals surface area (Å²) in [6.45, 7) is 9.16. The van der Waals surface area contributed by atoms with Crippen LogP contribution in [0.3, 0.4) is 0 Å². The highest BCUT2D eigenvalue weighted by Crippen LogP contribution is 2.61. The molecule has 0 heteroatoms. The van der Waals surface area contributed by atoms with Crippen molar-refractivity contribution in [2.24, 2.45) is 17.8 Å². The van der Waals surface area contributed by atoms with Gasteiger partial charge in [-0.3, -0.25) is 0 Å². The maximum atomic E-state index is 2.55. The third-order valence-corrected chi connectivity index (χ3v) is 7.81. The molecule has 4 bridgehead atoms. The van der Waals surface area contributed by atoms with E-state index in [0.717, 1.165) is 17.8 Å². The Morgan fingerprint density at radius 2 is 1.30 bits per heavy atom. The Kier molecular flexibility index (Phi) is 3.87. The van der Waals surface area contributed by atoms with Crippen LogP contribution in [0.4, 0.5) is 0 Å². The molecule has 4 aliphatic rings. The van der Waals surface area contributed by atoms with Crippen LogP contribution < -0.4 is 0 Å². The highest BCUT2D eigenvalue weighted by atomic mass is 14.6. The van der Waals surface area contributed by atoms with Crippen LogP contribution in [-0.4, -0.2) is 0 Å². The Hall–Kier alpha value is -1.56. The Balaban J connectivity index is 1.52. The number of hydrogen-bond acceptors (Lipinski definition) is 0. The molecule has 4 fully saturated rings. The highest BCUT2D eigenvalue weighted by molar-refractivity contribution is 5.66. The smallest absolute Gasteiger partial charge is 0.00387 e. The van der Waals surface area contributed by atoms with Gasteiger partial charge in [-0.05, 0) is 96.3 Å². The summed E-state index contributed by atoms with van der Waals surface area (Å²) in [5.74, 6) is 3.02. The van der Waals surface area contributed by atoms with Crippen LogP contribution in [0.15, 0.2) is 42.5 Å². The average molecular weight is 359 g/mol.